The molecule has 1 fully saturated rings. The standard InChI is InChI=1S/C19H25FN6O2/c1-3-26-8-6-14(7-9-26)25(2)19(27)24-17-11-18(23-12-22-17)28-16-5-4-13(21)10-15(16)20/h4-5,10-12,14H,3,6-9,21H2,1-2H3,(H,22,23,24,27). The van der Waals surface area contributed by atoms with Crippen LogP contribution < -0.4 is 15.8 Å². The molecule has 8 nitrogen and oxygen atoms in total. The van der Waals surface area contributed by atoms with E-state index in [9.17, 15) is 9.18 Å². The van der Waals surface area contributed by atoms with Gasteiger partial charge in [0.05, 0.1) is 0 Å². The largest absolute Gasteiger partial charge is 0.436 e. The first-order chi connectivity index (χ1) is 13.5. The molecule has 0 bridgehead atoms. The predicted molar refractivity (Wildman–Crippen MR) is 105 cm³/mol. The molecule has 0 unspecified atom stereocenters. The van der Waals surface area contributed by atoms with Gasteiger partial charge >= 0.3 is 6.03 Å². The van der Waals surface area contributed by atoms with Crippen LogP contribution in [-0.2, 0) is 0 Å². The monoisotopic (exact) mass is 388 g/mol. The molecule has 1 aliphatic heterocycles. The number of aromatic nitrogens is 2. The van der Waals surface area contributed by atoms with Crippen molar-refractivity contribution in [3.05, 3.63) is 36.4 Å². The number of nitrogens with zero attached hydrogens (tertiary/aromatic N) is 4. The third kappa shape index (κ3) is 4.86. The maximum atomic E-state index is 13.9. The van der Waals surface area contributed by atoms with Crippen LogP contribution in [-0.4, -0.2) is 58.5 Å². The highest BCUT2D eigenvalue weighted by molar-refractivity contribution is 5.88. The van der Waals surface area contributed by atoms with Crippen LogP contribution in [0, 0.1) is 5.82 Å². The molecule has 3 N–H and O–H groups in total. The summed E-state index contributed by atoms with van der Waals surface area (Å²) in [6, 6.07) is 5.49. The van der Waals surface area contributed by atoms with Crippen molar-refractivity contribution in [2.75, 3.05) is 37.7 Å². The summed E-state index contributed by atoms with van der Waals surface area (Å²) >= 11 is 0. The van der Waals surface area contributed by atoms with Crippen LogP contribution in [0.15, 0.2) is 30.6 Å². The number of halogens is 1. The van der Waals surface area contributed by atoms with Gasteiger partial charge in [0.1, 0.15) is 12.1 Å². The van der Waals surface area contributed by atoms with Crippen molar-refractivity contribution >= 4 is 17.5 Å². The van der Waals surface area contributed by atoms with E-state index in [1.165, 1.54) is 24.5 Å². The molecular formula is C19H25FN6O2. The molecule has 0 saturated carbocycles. The molecule has 0 spiro atoms. The number of ether oxygens (including phenoxy) is 1. The molecule has 0 aliphatic carbocycles. The van der Waals surface area contributed by atoms with Crippen LogP contribution >= 0.6 is 0 Å². The minimum atomic E-state index is -0.595. The van der Waals surface area contributed by atoms with Gasteiger partial charge in [-0.15, -0.1) is 0 Å². The summed E-state index contributed by atoms with van der Waals surface area (Å²) in [5.41, 5.74) is 5.83. The number of carbonyl (C=O) groups excluding carboxylic acids is 1. The Bertz CT molecular complexity index is 826. The van der Waals surface area contributed by atoms with Crippen molar-refractivity contribution in [2.24, 2.45) is 0 Å². The molecule has 1 aromatic carbocycles. The van der Waals surface area contributed by atoms with E-state index in [0.717, 1.165) is 38.5 Å². The van der Waals surface area contributed by atoms with Gasteiger partial charge in [0.2, 0.25) is 5.88 Å². The third-order valence-corrected chi connectivity index (χ3v) is 4.92. The Balaban J connectivity index is 1.61. The Morgan fingerprint density at radius 2 is 2.11 bits per heavy atom. The molecular weight excluding hydrogens is 363 g/mol. The van der Waals surface area contributed by atoms with Crippen LogP contribution in [0.25, 0.3) is 0 Å². The average Bonchev–Trinajstić information content (AvgIpc) is 2.70. The molecule has 2 amide bonds. The summed E-state index contributed by atoms with van der Waals surface area (Å²) in [7, 11) is 1.78. The Morgan fingerprint density at radius 3 is 2.79 bits per heavy atom. The lowest BCUT2D eigenvalue weighted by Crippen LogP contribution is -2.46. The number of carbonyl (C=O) groups is 1. The minimum Gasteiger partial charge on any atom is -0.436 e. The normalized spacial score (nSPS) is 15.2. The number of hydrogen-bond donors (Lipinski definition) is 2. The van der Waals surface area contributed by atoms with Crippen molar-refractivity contribution in [1.29, 1.82) is 0 Å². The highest BCUT2D eigenvalue weighted by atomic mass is 19.1. The molecule has 1 aromatic heterocycles. The van der Waals surface area contributed by atoms with E-state index >= 15 is 0 Å². The molecule has 1 aliphatic rings. The lowest BCUT2D eigenvalue weighted by molar-refractivity contribution is 0.145. The molecule has 28 heavy (non-hydrogen) atoms. The number of nitrogens with one attached hydrogen (secondary N) is 1. The Morgan fingerprint density at radius 1 is 1.36 bits per heavy atom. The number of likely N-dealkylation sites (tertiary alicyclic amines) is 1. The topological polar surface area (TPSA) is 96.6 Å². The molecule has 3 rings (SSSR count). The van der Waals surface area contributed by atoms with Gasteiger partial charge in [-0.2, -0.15) is 0 Å². The highest BCUT2D eigenvalue weighted by Crippen LogP contribution is 2.25. The van der Waals surface area contributed by atoms with E-state index in [1.54, 1.807) is 11.9 Å². The SMILES string of the molecule is CCN1CCC(N(C)C(=O)Nc2cc(Oc3ccc(N)cc3F)ncn2)CC1. The second-order valence-electron chi connectivity index (χ2n) is 6.74. The van der Waals surface area contributed by atoms with Crippen molar-refractivity contribution in [3.8, 4) is 11.6 Å². The van der Waals surface area contributed by atoms with Crippen molar-refractivity contribution < 1.29 is 13.9 Å². The number of nitrogens with two attached hydrogens (primary N) is 1. The lowest BCUT2D eigenvalue weighted by atomic mass is 10.0. The second-order valence-corrected chi connectivity index (χ2v) is 6.74. The van der Waals surface area contributed by atoms with Gasteiger partial charge in [0.15, 0.2) is 11.6 Å². The molecule has 2 heterocycles. The summed E-state index contributed by atoms with van der Waals surface area (Å²) in [6.45, 7) is 5.14. The van der Waals surface area contributed by atoms with E-state index in [1.807, 2.05) is 0 Å². The van der Waals surface area contributed by atoms with E-state index < -0.39 is 5.82 Å². The third-order valence-electron chi connectivity index (χ3n) is 4.92. The van der Waals surface area contributed by atoms with Gasteiger partial charge < -0.3 is 20.3 Å². The smallest absolute Gasteiger partial charge is 0.323 e. The number of hydrogen-bond acceptors (Lipinski definition) is 6. The predicted octanol–water partition coefficient (Wildman–Crippen LogP) is 2.94. The maximum Gasteiger partial charge on any atom is 0.323 e. The first kappa shape index (κ1) is 19.8. The number of rotatable bonds is 5. The zero-order valence-corrected chi connectivity index (χ0v) is 16.1. The average molecular weight is 388 g/mol. The molecule has 9 heteroatoms. The van der Waals surface area contributed by atoms with Gasteiger partial charge in [-0.3, -0.25) is 5.32 Å². The minimum absolute atomic E-state index is 0.00928. The van der Waals surface area contributed by atoms with Gasteiger partial charge in [-0.05, 0) is 31.5 Å². The first-order valence-electron chi connectivity index (χ1n) is 9.27. The van der Waals surface area contributed by atoms with Gasteiger partial charge in [0, 0.05) is 44.0 Å². The summed E-state index contributed by atoms with van der Waals surface area (Å²) in [5, 5.41) is 2.74. The zero-order valence-electron chi connectivity index (χ0n) is 16.1. The van der Waals surface area contributed by atoms with Gasteiger partial charge in [0.25, 0.3) is 0 Å². The molecule has 2 aromatic rings. The van der Waals surface area contributed by atoms with E-state index in [4.69, 9.17) is 10.5 Å². The Kier molecular flexibility index (Phi) is 6.25. The van der Waals surface area contributed by atoms with Crippen molar-refractivity contribution in [2.45, 2.75) is 25.8 Å². The first-order valence-corrected chi connectivity index (χ1v) is 9.27. The van der Waals surface area contributed by atoms with Crippen LogP contribution in [0.2, 0.25) is 0 Å². The fourth-order valence-electron chi connectivity index (χ4n) is 3.16. The molecule has 0 radical (unpaired) electrons. The number of benzene rings is 1. The Labute approximate surface area is 163 Å². The maximum absolute atomic E-state index is 13.9. The fourth-order valence-corrected chi connectivity index (χ4v) is 3.16. The number of anilines is 2. The molecule has 1 saturated heterocycles. The van der Waals surface area contributed by atoms with E-state index in [0.29, 0.717) is 5.69 Å². The van der Waals surface area contributed by atoms with Gasteiger partial charge in [-0.25, -0.2) is 19.2 Å². The van der Waals surface area contributed by atoms with Gasteiger partial charge in [-0.1, -0.05) is 6.92 Å². The van der Waals surface area contributed by atoms with E-state index in [2.05, 4.69) is 27.1 Å². The van der Waals surface area contributed by atoms with Crippen LogP contribution in [0.4, 0.5) is 20.7 Å². The summed E-state index contributed by atoms with van der Waals surface area (Å²) in [6.07, 6.45) is 3.12. The van der Waals surface area contributed by atoms with Crippen LogP contribution in [0.1, 0.15) is 19.8 Å². The fraction of sp³-hybridized carbons (Fsp3) is 0.421. The Hall–Kier alpha value is -2.94. The quantitative estimate of drug-likeness (QED) is 0.765. The lowest BCUT2D eigenvalue weighted by Gasteiger charge is -2.36. The summed E-state index contributed by atoms with van der Waals surface area (Å²) in [5.74, 6) is -0.205. The molecule has 150 valence electrons. The number of nitrogen functional groups attached to an aromatic ring is 1. The van der Waals surface area contributed by atoms with Crippen LogP contribution in [0.5, 0.6) is 11.6 Å². The summed E-state index contributed by atoms with van der Waals surface area (Å²) in [4.78, 5) is 24.6. The highest BCUT2D eigenvalue weighted by Gasteiger charge is 2.25. The van der Waals surface area contributed by atoms with Crippen molar-refractivity contribution in [1.82, 2.24) is 19.8 Å². The second kappa shape index (κ2) is 8.83. The van der Waals surface area contributed by atoms with E-state index in [-0.39, 0.29) is 29.5 Å². The molecule has 0 atom stereocenters. The number of urea groups is 1. The number of amides is 2. The van der Waals surface area contributed by atoms with Crippen molar-refractivity contribution in [3.63, 3.8) is 0 Å². The zero-order chi connectivity index (χ0) is 20.1. The number of piperidine rings is 1. The van der Waals surface area contributed by atoms with Crippen LogP contribution in [0.3, 0.4) is 0 Å². The summed E-state index contributed by atoms with van der Waals surface area (Å²) < 4.78 is 19.3.